The van der Waals surface area contributed by atoms with Crippen molar-refractivity contribution in [2.75, 3.05) is 0 Å². The van der Waals surface area contributed by atoms with Crippen molar-refractivity contribution in [2.24, 2.45) is 5.73 Å². The molecule has 0 atom stereocenters. The largest absolute Gasteiger partial charge is 0.437 e. The molecule has 18 heavy (non-hydrogen) atoms. The van der Waals surface area contributed by atoms with E-state index in [4.69, 9.17) is 15.9 Å². The van der Waals surface area contributed by atoms with Crippen LogP contribution in [0.4, 0.5) is 0 Å². The average Bonchev–Trinajstić information content (AvgIpc) is 2.34. The molecule has 0 aliphatic rings. The third kappa shape index (κ3) is 2.45. The average molecular weight is 242 g/mol. The van der Waals surface area contributed by atoms with Crippen LogP contribution in [0.2, 0.25) is 0 Å². The number of nitrogens with one attached hydrogen (secondary N) is 1. The molecule has 0 saturated heterocycles. The maximum atomic E-state index is 7.47. The summed E-state index contributed by atoms with van der Waals surface area (Å²) in [4.78, 5) is 0. The van der Waals surface area contributed by atoms with Gasteiger partial charge in [-0.15, -0.1) is 5.10 Å². The van der Waals surface area contributed by atoms with Crippen LogP contribution in [0.5, 0.6) is 11.6 Å². The molecule has 0 radical (unpaired) electrons. The van der Waals surface area contributed by atoms with Crippen LogP contribution in [0.1, 0.15) is 16.7 Å². The highest BCUT2D eigenvalue weighted by atomic mass is 16.5. The molecule has 0 amide bonds. The molecule has 5 nitrogen and oxygen atoms in total. The molecule has 0 spiro atoms. The summed E-state index contributed by atoms with van der Waals surface area (Å²) in [5.74, 6) is 0.849. The molecule has 0 aliphatic heterocycles. The lowest BCUT2D eigenvalue weighted by atomic mass is 10.1. The lowest BCUT2D eigenvalue weighted by Crippen LogP contribution is -2.13. The maximum Gasteiger partial charge on any atom is 0.249 e. The zero-order valence-electron chi connectivity index (χ0n) is 10.3. The second-order valence-corrected chi connectivity index (χ2v) is 4.03. The number of hydrogen-bond acceptors (Lipinski definition) is 4. The normalized spacial score (nSPS) is 10.1. The number of amidine groups is 1. The monoisotopic (exact) mass is 242 g/mol. The van der Waals surface area contributed by atoms with E-state index in [1.54, 1.807) is 6.07 Å². The first-order valence-corrected chi connectivity index (χ1v) is 5.49. The van der Waals surface area contributed by atoms with Crippen molar-refractivity contribution in [3.05, 3.63) is 47.2 Å². The molecule has 5 heteroatoms. The lowest BCUT2D eigenvalue weighted by molar-refractivity contribution is 0.450. The molecule has 92 valence electrons. The summed E-state index contributed by atoms with van der Waals surface area (Å²) in [6.45, 7) is 3.92. The minimum absolute atomic E-state index is 0.0924. The van der Waals surface area contributed by atoms with Crippen LogP contribution in [-0.4, -0.2) is 16.0 Å². The van der Waals surface area contributed by atoms with Gasteiger partial charge in [-0.05, 0) is 37.1 Å². The van der Waals surface area contributed by atoms with Crippen molar-refractivity contribution in [3.8, 4) is 11.6 Å². The van der Waals surface area contributed by atoms with Gasteiger partial charge >= 0.3 is 0 Å². The van der Waals surface area contributed by atoms with E-state index in [1.807, 2.05) is 32.0 Å². The van der Waals surface area contributed by atoms with E-state index < -0.39 is 0 Å². The van der Waals surface area contributed by atoms with E-state index in [9.17, 15) is 0 Å². The zero-order valence-corrected chi connectivity index (χ0v) is 10.3. The minimum atomic E-state index is -0.0924. The van der Waals surface area contributed by atoms with Gasteiger partial charge in [-0.3, -0.25) is 5.41 Å². The highest BCUT2D eigenvalue weighted by Gasteiger charge is 2.10. The molecule has 2 rings (SSSR count). The van der Waals surface area contributed by atoms with Crippen molar-refractivity contribution < 1.29 is 4.74 Å². The Morgan fingerprint density at radius 3 is 2.78 bits per heavy atom. The Hall–Kier alpha value is -2.43. The lowest BCUT2D eigenvalue weighted by Gasteiger charge is -2.10. The van der Waals surface area contributed by atoms with Gasteiger partial charge in [0.05, 0.1) is 11.8 Å². The highest BCUT2D eigenvalue weighted by Crippen LogP contribution is 2.26. The van der Waals surface area contributed by atoms with Crippen LogP contribution >= 0.6 is 0 Å². The summed E-state index contributed by atoms with van der Waals surface area (Å²) in [5, 5.41) is 15.1. The molecule has 0 bridgehead atoms. The van der Waals surface area contributed by atoms with Gasteiger partial charge in [-0.25, -0.2) is 0 Å². The number of rotatable bonds is 3. The predicted octanol–water partition coefficient (Wildman–Crippen LogP) is 2.17. The number of benzene rings is 1. The van der Waals surface area contributed by atoms with Crippen molar-refractivity contribution in [2.45, 2.75) is 13.8 Å². The number of nitrogen functional groups attached to an aromatic ring is 1. The molecular formula is C13H14N4O. The summed E-state index contributed by atoms with van der Waals surface area (Å²) < 4.78 is 5.69. The van der Waals surface area contributed by atoms with Crippen LogP contribution in [0.25, 0.3) is 0 Å². The third-order valence-electron chi connectivity index (χ3n) is 2.53. The van der Waals surface area contributed by atoms with E-state index in [0.717, 1.165) is 11.1 Å². The topological polar surface area (TPSA) is 84.9 Å². The van der Waals surface area contributed by atoms with E-state index in [1.165, 1.54) is 6.20 Å². The van der Waals surface area contributed by atoms with E-state index in [-0.39, 0.29) is 11.7 Å². The number of aromatic nitrogens is 2. The van der Waals surface area contributed by atoms with Crippen molar-refractivity contribution in [1.29, 1.82) is 5.41 Å². The standard InChI is InChI=1S/C13H14N4O/c1-8-3-4-9(2)11(7-8)18-13-10(12(14)15)5-6-16-17-13/h3-7H,1-2H3,(H3,14,15). The number of nitrogens with zero attached hydrogens (tertiary/aromatic N) is 2. The SMILES string of the molecule is Cc1ccc(C)c(Oc2nnccc2C(=N)N)c1. The van der Waals surface area contributed by atoms with Crippen LogP contribution in [0.15, 0.2) is 30.5 Å². The first-order chi connectivity index (χ1) is 8.58. The summed E-state index contributed by atoms with van der Waals surface area (Å²) in [6.07, 6.45) is 1.48. The molecule has 0 unspecified atom stereocenters. The Morgan fingerprint density at radius 1 is 1.28 bits per heavy atom. The predicted molar refractivity (Wildman–Crippen MR) is 69.0 cm³/mol. The van der Waals surface area contributed by atoms with Crippen LogP contribution in [0, 0.1) is 19.3 Å². The van der Waals surface area contributed by atoms with Gasteiger partial charge in [0.1, 0.15) is 11.6 Å². The fraction of sp³-hybridized carbons (Fsp3) is 0.154. The molecule has 1 aromatic carbocycles. The van der Waals surface area contributed by atoms with Gasteiger partial charge in [0.25, 0.3) is 0 Å². The quantitative estimate of drug-likeness (QED) is 0.638. The molecular weight excluding hydrogens is 228 g/mol. The Morgan fingerprint density at radius 2 is 2.06 bits per heavy atom. The van der Waals surface area contributed by atoms with E-state index in [2.05, 4.69) is 10.2 Å². The first kappa shape index (κ1) is 12.0. The van der Waals surface area contributed by atoms with Gasteiger partial charge in [-0.2, -0.15) is 5.10 Å². The first-order valence-electron chi connectivity index (χ1n) is 5.49. The number of aryl methyl sites for hydroxylation is 2. The second-order valence-electron chi connectivity index (χ2n) is 4.03. The summed E-state index contributed by atoms with van der Waals surface area (Å²) in [7, 11) is 0. The van der Waals surface area contributed by atoms with Gasteiger partial charge < -0.3 is 10.5 Å². The van der Waals surface area contributed by atoms with Crippen molar-refractivity contribution >= 4 is 5.84 Å². The van der Waals surface area contributed by atoms with Crippen molar-refractivity contribution in [3.63, 3.8) is 0 Å². The Labute approximate surface area is 105 Å². The molecule has 0 fully saturated rings. The van der Waals surface area contributed by atoms with Gasteiger partial charge in [0, 0.05) is 0 Å². The second kappa shape index (κ2) is 4.83. The van der Waals surface area contributed by atoms with E-state index >= 15 is 0 Å². The molecule has 1 aromatic heterocycles. The highest BCUT2D eigenvalue weighted by molar-refractivity contribution is 5.96. The maximum absolute atomic E-state index is 7.47. The fourth-order valence-corrected chi connectivity index (χ4v) is 1.52. The molecule has 2 aromatic rings. The summed E-state index contributed by atoms with van der Waals surface area (Å²) in [5.41, 5.74) is 7.98. The van der Waals surface area contributed by atoms with Crippen LogP contribution in [-0.2, 0) is 0 Å². The molecule has 0 saturated carbocycles. The fourth-order valence-electron chi connectivity index (χ4n) is 1.52. The molecule has 1 heterocycles. The minimum Gasteiger partial charge on any atom is -0.437 e. The van der Waals surface area contributed by atoms with Gasteiger partial charge in [0.15, 0.2) is 0 Å². The Kier molecular flexibility index (Phi) is 3.23. The number of nitrogens with two attached hydrogens (primary N) is 1. The number of ether oxygens (including phenoxy) is 1. The van der Waals surface area contributed by atoms with Crippen molar-refractivity contribution in [1.82, 2.24) is 10.2 Å². The summed E-state index contributed by atoms with van der Waals surface area (Å²) >= 11 is 0. The molecule has 0 aliphatic carbocycles. The number of hydrogen-bond donors (Lipinski definition) is 2. The van der Waals surface area contributed by atoms with Gasteiger partial charge in [0.2, 0.25) is 5.88 Å². The summed E-state index contributed by atoms with van der Waals surface area (Å²) in [6, 6.07) is 7.49. The van der Waals surface area contributed by atoms with E-state index in [0.29, 0.717) is 11.3 Å². The Balaban J connectivity index is 2.40. The molecule has 3 N–H and O–H groups in total. The Bertz CT molecular complexity index is 595. The zero-order chi connectivity index (χ0) is 13.1. The third-order valence-corrected chi connectivity index (χ3v) is 2.53. The van der Waals surface area contributed by atoms with Crippen LogP contribution in [0.3, 0.4) is 0 Å². The van der Waals surface area contributed by atoms with Gasteiger partial charge in [-0.1, -0.05) is 12.1 Å². The smallest absolute Gasteiger partial charge is 0.249 e. The van der Waals surface area contributed by atoms with Crippen LogP contribution < -0.4 is 10.5 Å².